The van der Waals surface area contributed by atoms with Gasteiger partial charge in [-0.05, 0) is 24.1 Å². The Kier molecular flexibility index (Phi) is 5.64. The molecule has 1 saturated heterocycles. The van der Waals surface area contributed by atoms with Crippen LogP contribution in [0.2, 0.25) is 10.0 Å². The van der Waals surface area contributed by atoms with Gasteiger partial charge in [0.2, 0.25) is 5.91 Å². The summed E-state index contributed by atoms with van der Waals surface area (Å²) in [5.41, 5.74) is 2.15. The van der Waals surface area contributed by atoms with Crippen LogP contribution in [-0.2, 0) is 11.2 Å². The molecule has 1 heterocycles. The highest BCUT2D eigenvalue weighted by molar-refractivity contribution is 6.43. The predicted octanol–water partition coefficient (Wildman–Crippen LogP) is 4.27. The normalized spacial score (nSPS) is 14.8. The minimum absolute atomic E-state index is 0.218. The van der Waals surface area contributed by atoms with Gasteiger partial charge >= 0.3 is 0 Å². The second kappa shape index (κ2) is 7.91. The Morgan fingerprint density at radius 2 is 1.62 bits per heavy atom. The van der Waals surface area contributed by atoms with Crippen molar-refractivity contribution in [1.82, 2.24) is 4.90 Å². The summed E-state index contributed by atoms with van der Waals surface area (Å²) in [4.78, 5) is 16.5. The third kappa shape index (κ3) is 4.03. The molecule has 126 valence electrons. The molecule has 0 unspecified atom stereocenters. The highest BCUT2D eigenvalue weighted by Gasteiger charge is 2.22. The third-order valence-corrected chi connectivity index (χ3v) is 5.18. The molecular formula is C19H20Cl2N2O. The fourth-order valence-electron chi connectivity index (χ4n) is 2.99. The summed E-state index contributed by atoms with van der Waals surface area (Å²) in [6.45, 7) is 2.99. The molecule has 0 bridgehead atoms. The summed E-state index contributed by atoms with van der Waals surface area (Å²) in [6.07, 6.45) is 1.35. The molecule has 3 rings (SSSR count). The monoisotopic (exact) mass is 362 g/mol. The van der Waals surface area contributed by atoms with Crippen LogP contribution in [0.5, 0.6) is 0 Å². The number of anilines is 1. The van der Waals surface area contributed by atoms with E-state index in [0.29, 0.717) is 16.5 Å². The zero-order valence-electron chi connectivity index (χ0n) is 13.4. The highest BCUT2D eigenvalue weighted by Crippen LogP contribution is 2.32. The fourth-order valence-corrected chi connectivity index (χ4v) is 3.40. The number of carbonyl (C=O) groups is 1. The van der Waals surface area contributed by atoms with E-state index in [1.165, 1.54) is 5.56 Å². The Balaban J connectivity index is 1.53. The zero-order valence-corrected chi connectivity index (χ0v) is 14.9. The van der Waals surface area contributed by atoms with Crippen LogP contribution in [0.3, 0.4) is 0 Å². The molecule has 0 spiro atoms. The van der Waals surface area contributed by atoms with Gasteiger partial charge in [0, 0.05) is 32.6 Å². The molecule has 0 aromatic heterocycles. The molecule has 0 radical (unpaired) electrons. The van der Waals surface area contributed by atoms with Crippen LogP contribution in [0.1, 0.15) is 12.0 Å². The number of hydrogen-bond acceptors (Lipinski definition) is 2. The van der Waals surface area contributed by atoms with Crippen LogP contribution in [-0.4, -0.2) is 37.0 Å². The van der Waals surface area contributed by atoms with Crippen molar-refractivity contribution in [3.8, 4) is 0 Å². The number of aryl methyl sites for hydroxylation is 1. The van der Waals surface area contributed by atoms with Crippen molar-refractivity contribution >= 4 is 34.8 Å². The molecule has 3 nitrogen and oxygen atoms in total. The number of amides is 1. The van der Waals surface area contributed by atoms with E-state index in [1.54, 1.807) is 6.07 Å². The van der Waals surface area contributed by atoms with Gasteiger partial charge in [-0.1, -0.05) is 59.6 Å². The SMILES string of the molecule is O=C(CCc1ccccc1)N1CCN(c2cccc(Cl)c2Cl)CC1. The van der Waals surface area contributed by atoms with E-state index in [-0.39, 0.29) is 5.91 Å². The number of carbonyl (C=O) groups excluding carboxylic acids is 1. The van der Waals surface area contributed by atoms with Crippen LogP contribution >= 0.6 is 23.2 Å². The molecule has 0 atom stereocenters. The first-order valence-electron chi connectivity index (χ1n) is 8.16. The van der Waals surface area contributed by atoms with Crippen molar-refractivity contribution in [3.63, 3.8) is 0 Å². The first kappa shape index (κ1) is 17.1. The molecule has 2 aromatic carbocycles. The third-order valence-electron chi connectivity index (χ3n) is 4.37. The van der Waals surface area contributed by atoms with Crippen molar-refractivity contribution in [3.05, 3.63) is 64.1 Å². The number of benzene rings is 2. The lowest BCUT2D eigenvalue weighted by Crippen LogP contribution is -2.49. The fraction of sp³-hybridized carbons (Fsp3) is 0.316. The summed E-state index contributed by atoms with van der Waals surface area (Å²) in [6, 6.07) is 15.8. The van der Waals surface area contributed by atoms with Gasteiger partial charge in [-0.2, -0.15) is 0 Å². The number of piperazine rings is 1. The molecule has 1 aliphatic rings. The highest BCUT2D eigenvalue weighted by atomic mass is 35.5. The van der Waals surface area contributed by atoms with Crippen molar-refractivity contribution in [2.24, 2.45) is 0 Å². The first-order valence-corrected chi connectivity index (χ1v) is 8.91. The van der Waals surface area contributed by atoms with Gasteiger partial charge in [-0.25, -0.2) is 0 Å². The Bertz CT molecular complexity index is 698. The minimum atomic E-state index is 0.218. The van der Waals surface area contributed by atoms with Gasteiger partial charge < -0.3 is 9.80 Å². The lowest BCUT2D eigenvalue weighted by atomic mass is 10.1. The van der Waals surface area contributed by atoms with Gasteiger partial charge in [0.1, 0.15) is 0 Å². The van der Waals surface area contributed by atoms with Crippen molar-refractivity contribution in [2.75, 3.05) is 31.1 Å². The maximum atomic E-state index is 12.4. The predicted molar refractivity (Wildman–Crippen MR) is 100 cm³/mol. The van der Waals surface area contributed by atoms with Crippen LogP contribution < -0.4 is 4.90 Å². The van der Waals surface area contributed by atoms with Crippen LogP contribution in [0.15, 0.2) is 48.5 Å². The van der Waals surface area contributed by atoms with Crippen LogP contribution in [0.4, 0.5) is 5.69 Å². The topological polar surface area (TPSA) is 23.6 Å². The smallest absolute Gasteiger partial charge is 0.223 e. The molecule has 0 saturated carbocycles. The Morgan fingerprint density at radius 3 is 2.33 bits per heavy atom. The molecule has 24 heavy (non-hydrogen) atoms. The maximum Gasteiger partial charge on any atom is 0.223 e. The average Bonchev–Trinajstić information content (AvgIpc) is 2.63. The minimum Gasteiger partial charge on any atom is -0.367 e. The largest absolute Gasteiger partial charge is 0.367 e. The van der Waals surface area contributed by atoms with Gasteiger partial charge in [0.15, 0.2) is 0 Å². The summed E-state index contributed by atoms with van der Waals surface area (Å²) in [5, 5.41) is 1.15. The molecule has 2 aromatic rings. The molecule has 1 aliphatic heterocycles. The number of halogens is 2. The standard InChI is InChI=1S/C19H20Cl2N2O/c20-16-7-4-8-17(19(16)21)22-11-13-23(14-12-22)18(24)10-9-15-5-2-1-3-6-15/h1-8H,9-14H2. The van der Waals surface area contributed by atoms with E-state index in [1.807, 2.05) is 35.2 Å². The Hall–Kier alpha value is -1.71. The van der Waals surface area contributed by atoms with E-state index in [9.17, 15) is 4.79 Å². The zero-order chi connectivity index (χ0) is 16.9. The summed E-state index contributed by atoms with van der Waals surface area (Å²) < 4.78 is 0. The summed E-state index contributed by atoms with van der Waals surface area (Å²) in [7, 11) is 0. The lowest BCUT2D eigenvalue weighted by molar-refractivity contribution is -0.131. The number of nitrogens with zero attached hydrogens (tertiary/aromatic N) is 2. The van der Waals surface area contributed by atoms with E-state index < -0.39 is 0 Å². The van der Waals surface area contributed by atoms with Gasteiger partial charge in [0.25, 0.3) is 0 Å². The van der Waals surface area contributed by atoms with Gasteiger partial charge in [0.05, 0.1) is 15.7 Å². The molecule has 0 N–H and O–H groups in total. The average molecular weight is 363 g/mol. The van der Waals surface area contributed by atoms with Crippen molar-refractivity contribution in [2.45, 2.75) is 12.8 Å². The van der Waals surface area contributed by atoms with E-state index in [0.717, 1.165) is 38.3 Å². The Morgan fingerprint density at radius 1 is 0.917 bits per heavy atom. The van der Waals surface area contributed by atoms with E-state index >= 15 is 0 Å². The molecule has 5 heteroatoms. The maximum absolute atomic E-state index is 12.4. The second-order valence-corrected chi connectivity index (χ2v) is 6.71. The van der Waals surface area contributed by atoms with Crippen LogP contribution in [0, 0.1) is 0 Å². The van der Waals surface area contributed by atoms with Gasteiger partial charge in [-0.15, -0.1) is 0 Å². The van der Waals surface area contributed by atoms with Crippen molar-refractivity contribution < 1.29 is 4.79 Å². The summed E-state index contributed by atoms with van der Waals surface area (Å²) in [5.74, 6) is 0.218. The molecule has 1 amide bonds. The van der Waals surface area contributed by atoms with E-state index in [4.69, 9.17) is 23.2 Å². The Labute approximate surface area is 152 Å². The second-order valence-electron chi connectivity index (χ2n) is 5.93. The van der Waals surface area contributed by atoms with Crippen molar-refractivity contribution in [1.29, 1.82) is 0 Å². The number of hydrogen-bond donors (Lipinski definition) is 0. The van der Waals surface area contributed by atoms with E-state index in [2.05, 4.69) is 17.0 Å². The van der Waals surface area contributed by atoms with Crippen LogP contribution in [0.25, 0.3) is 0 Å². The quantitative estimate of drug-likeness (QED) is 0.810. The molecule has 1 fully saturated rings. The lowest BCUT2D eigenvalue weighted by Gasteiger charge is -2.36. The summed E-state index contributed by atoms with van der Waals surface area (Å²) >= 11 is 12.4. The molecule has 0 aliphatic carbocycles. The number of rotatable bonds is 4. The molecular weight excluding hydrogens is 343 g/mol. The first-order chi connectivity index (χ1) is 11.6. The van der Waals surface area contributed by atoms with Gasteiger partial charge in [-0.3, -0.25) is 4.79 Å².